The highest BCUT2D eigenvalue weighted by Gasteiger charge is 2.23. The number of aliphatic carboxylic acids is 1. The number of carbonyl (C=O) groups is 1. The van der Waals surface area contributed by atoms with Crippen LogP contribution in [0.25, 0.3) is 0 Å². The lowest BCUT2D eigenvalue weighted by molar-refractivity contribution is -0.136. The van der Waals surface area contributed by atoms with Gasteiger partial charge in [-0.3, -0.25) is 9.00 Å². The number of benzene rings is 1. The van der Waals surface area contributed by atoms with Crippen LogP contribution in [0.15, 0.2) is 24.3 Å². The summed E-state index contributed by atoms with van der Waals surface area (Å²) in [6, 6.07) is 7.46. The smallest absolute Gasteiger partial charge is 0.307 e. The van der Waals surface area contributed by atoms with Gasteiger partial charge < -0.3 is 5.11 Å². The third kappa shape index (κ3) is 4.44. The van der Waals surface area contributed by atoms with Crippen LogP contribution in [0.3, 0.4) is 0 Å². The Labute approximate surface area is 122 Å². The molecule has 3 unspecified atom stereocenters. The molecule has 0 radical (unpaired) electrons. The van der Waals surface area contributed by atoms with Gasteiger partial charge in [-0.05, 0) is 29.9 Å². The second-order valence-corrected chi connectivity index (χ2v) is 7.52. The first-order valence-corrected chi connectivity index (χ1v) is 8.59. The van der Waals surface area contributed by atoms with E-state index in [9.17, 15) is 9.00 Å². The second kappa shape index (κ2) is 7.02. The number of hydrogen-bond donors (Lipinski definition) is 1. The van der Waals surface area contributed by atoms with Gasteiger partial charge >= 0.3 is 5.97 Å². The zero-order valence-corrected chi connectivity index (χ0v) is 12.7. The lowest BCUT2D eigenvalue weighted by atomic mass is 9.91. The molecule has 1 aliphatic carbocycles. The minimum Gasteiger partial charge on any atom is -0.481 e. The van der Waals surface area contributed by atoms with Crippen molar-refractivity contribution in [2.75, 3.05) is 0 Å². The summed E-state index contributed by atoms with van der Waals surface area (Å²) in [6.07, 6.45) is 4.65. The van der Waals surface area contributed by atoms with E-state index in [-0.39, 0.29) is 6.42 Å². The van der Waals surface area contributed by atoms with Crippen molar-refractivity contribution in [1.82, 2.24) is 0 Å². The predicted molar refractivity (Wildman–Crippen MR) is 81.0 cm³/mol. The van der Waals surface area contributed by atoms with E-state index in [2.05, 4.69) is 6.92 Å². The van der Waals surface area contributed by atoms with Crippen molar-refractivity contribution in [1.29, 1.82) is 0 Å². The number of carboxylic acid groups (broad SMARTS) is 1. The van der Waals surface area contributed by atoms with Crippen LogP contribution in [0.1, 0.15) is 43.7 Å². The van der Waals surface area contributed by atoms with E-state index in [1.165, 1.54) is 12.8 Å². The van der Waals surface area contributed by atoms with E-state index in [4.69, 9.17) is 5.11 Å². The van der Waals surface area contributed by atoms with Gasteiger partial charge in [0, 0.05) is 21.8 Å². The van der Waals surface area contributed by atoms with Gasteiger partial charge in [0.05, 0.1) is 6.42 Å². The summed E-state index contributed by atoms with van der Waals surface area (Å²) in [5.41, 5.74) is 1.83. The second-order valence-electron chi connectivity index (χ2n) is 5.81. The maximum atomic E-state index is 12.4. The summed E-state index contributed by atoms with van der Waals surface area (Å²) < 4.78 is 12.4. The molecule has 0 spiro atoms. The highest BCUT2D eigenvalue weighted by Crippen LogP contribution is 2.28. The largest absolute Gasteiger partial charge is 0.481 e. The summed E-state index contributed by atoms with van der Waals surface area (Å²) in [5, 5.41) is 9.06. The molecule has 1 saturated carbocycles. The third-order valence-electron chi connectivity index (χ3n) is 3.95. The molecule has 0 heterocycles. The van der Waals surface area contributed by atoms with Crippen molar-refractivity contribution in [3.05, 3.63) is 35.4 Å². The minimum atomic E-state index is -0.822. The van der Waals surface area contributed by atoms with Crippen molar-refractivity contribution in [3.8, 4) is 0 Å². The number of hydrogen-bond acceptors (Lipinski definition) is 2. The van der Waals surface area contributed by atoms with Crippen LogP contribution in [-0.4, -0.2) is 20.5 Å². The fourth-order valence-corrected chi connectivity index (χ4v) is 4.56. The maximum Gasteiger partial charge on any atom is 0.307 e. The molecular weight excluding hydrogens is 272 g/mol. The molecule has 1 aromatic rings. The molecular formula is C16H22O3S. The van der Waals surface area contributed by atoms with Crippen molar-refractivity contribution >= 4 is 16.8 Å². The predicted octanol–water partition coefficient (Wildman–Crippen LogP) is 3.14. The third-order valence-corrected chi connectivity index (χ3v) is 5.74. The molecule has 110 valence electrons. The molecule has 0 amide bonds. The molecule has 1 aliphatic rings. The lowest BCUT2D eigenvalue weighted by Gasteiger charge is -2.26. The quantitative estimate of drug-likeness (QED) is 0.907. The van der Waals surface area contributed by atoms with Gasteiger partial charge in [0.15, 0.2) is 0 Å². The average molecular weight is 294 g/mol. The van der Waals surface area contributed by atoms with Crippen molar-refractivity contribution in [2.24, 2.45) is 5.92 Å². The first-order valence-electron chi connectivity index (χ1n) is 7.21. The van der Waals surface area contributed by atoms with E-state index in [1.807, 2.05) is 24.3 Å². The Hall–Kier alpha value is -1.16. The van der Waals surface area contributed by atoms with Crippen molar-refractivity contribution in [3.63, 3.8) is 0 Å². The SMILES string of the molecule is CC1CCCC(S(=O)Cc2ccc(CC(=O)O)cc2)C1. The molecule has 2 rings (SSSR count). The fourth-order valence-electron chi connectivity index (χ4n) is 2.83. The van der Waals surface area contributed by atoms with Crippen LogP contribution < -0.4 is 0 Å². The van der Waals surface area contributed by atoms with Crippen molar-refractivity contribution < 1.29 is 14.1 Å². The fraction of sp³-hybridized carbons (Fsp3) is 0.562. The zero-order valence-electron chi connectivity index (χ0n) is 11.9. The molecule has 4 heteroatoms. The van der Waals surface area contributed by atoms with Crippen LogP contribution in [0, 0.1) is 5.92 Å². The van der Waals surface area contributed by atoms with E-state index in [0.29, 0.717) is 16.9 Å². The van der Waals surface area contributed by atoms with Crippen LogP contribution in [0.5, 0.6) is 0 Å². The highest BCUT2D eigenvalue weighted by atomic mass is 32.2. The Morgan fingerprint density at radius 2 is 1.90 bits per heavy atom. The molecule has 20 heavy (non-hydrogen) atoms. The summed E-state index contributed by atoms with van der Waals surface area (Å²) in [4.78, 5) is 10.6. The average Bonchev–Trinajstić information content (AvgIpc) is 2.40. The molecule has 0 saturated heterocycles. The first-order chi connectivity index (χ1) is 9.54. The topological polar surface area (TPSA) is 54.4 Å². The Kier molecular flexibility index (Phi) is 5.35. The van der Waals surface area contributed by atoms with Crippen LogP contribution in [0.4, 0.5) is 0 Å². The molecule has 3 atom stereocenters. The van der Waals surface area contributed by atoms with Gasteiger partial charge in [-0.15, -0.1) is 0 Å². The summed E-state index contributed by atoms with van der Waals surface area (Å²) >= 11 is 0. The Bertz CT molecular complexity index is 481. The minimum absolute atomic E-state index is 0.0451. The van der Waals surface area contributed by atoms with E-state index in [1.54, 1.807) is 0 Å². The molecule has 1 N–H and O–H groups in total. The monoisotopic (exact) mass is 294 g/mol. The Morgan fingerprint density at radius 3 is 2.50 bits per heavy atom. The highest BCUT2D eigenvalue weighted by molar-refractivity contribution is 7.84. The van der Waals surface area contributed by atoms with Crippen LogP contribution >= 0.6 is 0 Å². The summed E-state index contributed by atoms with van der Waals surface area (Å²) in [6.45, 7) is 2.24. The molecule has 3 nitrogen and oxygen atoms in total. The molecule has 1 aromatic carbocycles. The molecule has 0 bridgehead atoms. The van der Waals surface area contributed by atoms with Gasteiger partial charge in [0.25, 0.3) is 0 Å². The first kappa shape index (κ1) is 15.2. The summed E-state index contributed by atoms with van der Waals surface area (Å²) in [7, 11) is -0.812. The molecule has 0 aromatic heterocycles. The Morgan fingerprint density at radius 1 is 1.25 bits per heavy atom. The molecule has 1 fully saturated rings. The maximum absolute atomic E-state index is 12.4. The Balaban J connectivity index is 1.92. The summed E-state index contributed by atoms with van der Waals surface area (Å²) in [5.74, 6) is 0.457. The van der Waals surface area contributed by atoms with Crippen molar-refractivity contribution in [2.45, 2.75) is 50.0 Å². The van der Waals surface area contributed by atoms with Gasteiger partial charge in [0.1, 0.15) is 0 Å². The standard InChI is InChI=1S/C16H22O3S/c1-12-3-2-4-15(9-12)20(19)11-14-7-5-13(6-8-14)10-16(17)18/h5-8,12,15H,2-4,9-11H2,1H3,(H,17,18). The van der Waals surface area contributed by atoms with Gasteiger partial charge in [-0.25, -0.2) is 0 Å². The number of rotatable bonds is 5. The van der Waals surface area contributed by atoms with Crippen LogP contribution in [0.2, 0.25) is 0 Å². The van der Waals surface area contributed by atoms with Gasteiger partial charge in [0.2, 0.25) is 0 Å². The van der Waals surface area contributed by atoms with E-state index in [0.717, 1.165) is 24.0 Å². The van der Waals surface area contributed by atoms with Gasteiger partial charge in [-0.2, -0.15) is 0 Å². The molecule has 0 aliphatic heterocycles. The lowest BCUT2D eigenvalue weighted by Crippen LogP contribution is -2.23. The normalized spacial score (nSPS) is 24.2. The van der Waals surface area contributed by atoms with Gasteiger partial charge in [-0.1, -0.05) is 44.0 Å². The van der Waals surface area contributed by atoms with E-state index < -0.39 is 16.8 Å². The van der Waals surface area contributed by atoms with E-state index >= 15 is 0 Å². The van der Waals surface area contributed by atoms with Crippen LogP contribution in [-0.2, 0) is 27.8 Å². The zero-order chi connectivity index (χ0) is 14.5. The number of carboxylic acids is 1.